The molecular weight excluding hydrogens is 228 g/mol. The van der Waals surface area contributed by atoms with Crippen molar-refractivity contribution in [3.05, 3.63) is 24.8 Å². The molecule has 0 aliphatic heterocycles. The van der Waals surface area contributed by atoms with Crippen LogP contribution in [0.3, 0.4) is 0 Å². The number of rotatable bonds is 1. The largest absolute Gasteiger partial charge is 0.393 e. The van der Waals surface area contributed by atoms with Crippen LogP contribution in [-0.2, 0) is 0 Å². The molecule has 0 aromatic carbocycles. The average molecular weight is 242 g/mol. The monoisotopic (exact) mass is 242 g/mol. The van der Waals surface area contributed by atoms with Gasteiger partial charge in [0, 0.05) is 17.6 Å². The van der Waals surface area contributed by atoms with Crippen molar-refractivity contribution >= 4 is 22.1 Å². The van der Waals surface area contributed by atoms with Gasteiger partial charge in [-0.25, -0.2) is 9.97 Å². The van der Waals surface area contributed by atoms with E-state index in [9.17, 15) is 5.11 Å². The number of hydrogen-bond donors (Lipinski definition) is 2. The number of aliphatic hydroxyl groups is 1. The van der Waals surface area contributed by atoms with Crippen LogP contribution in [0.25, 0.3) is 22.1 Å². The van der Waals surface area contributed by atoms with Crippen LogP contribution in [0, 0.1) is 0 Å². The number of H-pyrrole nitrogens is 1. The predicted molar refractivity (Wildman–Crippen MR) is 68.3 cm³/mol. The molecule has 0 saturated heterocycles. The first-order chi connectivity index (χ1) is 8.83. The molecule has 0 spiro atoms. The van der Waals surface area contributed by atoms with Gasteiger partial charge in [-0.3, -0.25) is 0 Å². The Morgan fingerprint density at radius 3 is 3.11 bits per heavy atom. The molecule has 1 fully saturated rings. The summed E-state index contributed by atoms with van der Waals surface area (Å²) in [7, 11) is 0. The fraction of sp³-hybridized carbons (Fsp3) is 0.385. The standard InChI is InChI=1S/C13H14N4O/c18-9-2-1-8(5-9)17-7-16-11-6-15-13-10(12(11)17)3-4-14-13/h3-4,6-9,18H,1-2,5H2,(H,14,15)/t8-,9+/m0/s1. The highest BCUT2D eigenvalue weighted by Crippen LogP contribution is 2.34. The zero-order chi connectivity index (χ0) is 12.1. The third kappa shape index (κ3) is 1.31. The number of pyridine rings is 1. The highest BCUT2D eigenvalue weighted by Gasteiger charge is 2.25. The lowest BCUT2D eigenvalue weighted by Crippen LogP contribution is -2.06. The van der Waals surface area contributed by atoms with Crippen molar-refractivity contribution in [1.82, 2.24) is 19.5 Å². The van der Waals surface area contributed by atoms with E-state index in [1.165, 1.54) is 0 Å². The van der Waals surface area contributed by atoms with E-state index in [-0.39, 0.29) is 6.10 Å². The normalized spacial score (nSPS) is 24.3. The first-order valence-corrected chi connectivity index (χ1v) is 6.29. The van der Waals surface area contributed by atoms with E-state index >= 15 is 0 Å². The Morgan fingerprint density at radius 2 is 2.28 bits per heavy atom. The Morgan fingerprint density at radius 1 is 1.33 bits per heavy atom. The molecule has 5 heteroatoms. The maximum absolute atomic E-state index is 9.69. The quantitative estimate of drug-likeness (QED) is 0.686. The van der Waals surface area contributed by atoms with Crippen LogP contribution < -0.4 is 0 Å². The van der Waals surface area contributed by atoms with Crippen LogP contribution in [0.15, 0.2) is 24.8 Å². The summed E-state index contributed by atoms with van der Waals surface area (Å²) < 4.78 is 2.20. The molecule has 1 aliphatic rings. The van der Waals surface area contributed by atoms with Crippen molar-refractivity contribution < 1.29 is 5.11 Å². The number of imidazole rings is 1. The van der Waals surface area contributed by atoms with Crippen LogP contribution in [0.1, 0.15) is 25.3 Å². The van der Waals surface area contributed by atoms with Gasteiger partial charge in [-0.05, 0) is 25.3 Å². The van der Waals surface area contributed by atoms with Crippen molar-refractivity contribution in [2.24, 2.45) is 0 Å². The van der Waals surface area contributed by atoms with Crippen LogP contribution >= 0.6 is 0 Å². The van der Waals surface area contributed by atoms with Crippen molar-refractivity contribution in [2.75, 3.05) is 0 Å². The first-order valence-electron chi connectivity index (χ1n) is 6.29. The number of hydrogen-bond acceptors (Lipinski definition) is 3. The summed E-state index contributed by atoms with van der Waals surface area (Å²) in [4.78, 5) is 11.9. The van der Waals surface area contributed by atoms with Gasteiger partial charge in [-0.15, -0.1) is 0 Å². The van der Waals surface area contributed by atoms with Gasteiger partial charge >= 0.3 is 0 Å². The lowest BCUT2D eigenvalue weighted by atomic mass is 10.2. The molecule has 2 atom stereocenters. The van der Waals surface area contributed by atoms with E-state index in [4.69, 9.17) is 0 Å². The van der Waals surface area contributed by atoms with Crippen molar-refractivity contribution in [3.8, 4) is 0 Å². The van der Waals surface area contributed by atoms with Gasteiger partial charge in [0.2, 0.25) is 0 Å². The fourth-order valence-electron chi connectivity index (χ4n) is 3.00. The molecule has 0 amide bonds. The molecule has 0 radical (unpaired) electrons. The van der Waals surface area contributed by atoms with Crippen molar-refractivity contribution in [1.29, 1.82) is 0 Å². The zero-order valence-electron chi connectivity index (χ0n) is 9.87. The number of fused-ring (bicyclic) bond motifs is 3. The van der Waals surface area contributed by atoms with Gasteiger partial charge < -0.3 is 14.7 Å². The molecule has 4 rings (SSSR count). The van der Waals surface area contributed by atoms with Gasteiger partial charge in [0.15, 0.2) is 0 Å². The van der Waals surface area contributed by atoms with E-state index in [2.05, 4.69) is 19.5 Å². The Balaban J connectivity index is 1.97. The molecular formula is C13H14N4O. The molecule has 3 aromatic heterocycles. The molecule has 3 aromatic rings. The van der Waals surface area contributed by atoms with Gasteiger partial charge in [0.25, 0.3) is 0 Å². The lowest BCUT2D eigenvalue weighted by molar-refractivity contribution is 0.178. The number of aromatic amines is 1. The van der Waals surface area contributed by atoms with E-state index in [1.54, 1.807) is 6.20 Å². The van der Waals surface area contributed by atoms with Crippen LogP contribution in [0.5, 0.6) is 0 Å². The van der Waals surface area contributed by atoms with E-state index in [0.29, 0.717) is 6.04 Å². The minimum atomic E-state index is -0.170. The molecule has 5 nitrogen and oxygen atoms in total. The van der Waals surface area contributed by atoms with Gasteiger partial charge in [0.1, 0.15) is 11.2 Å². The summed E-state index contributed by atoms with van der Waals surface area (Å²) >= 11 is 0. The number of aromatic nitrogens is 4. The van der Waals surface area contributed by atoms with Crippen molar-refractivity contribution in [3.63, 3.8) is 0 Å². The summed E-state index contributed by atoms with van der Waals surface area (Å²) in [6.07, 6.45) is 8.12. The summed E-state index contributed by atoms with van der Waals surface area (Å²) in [5.74, 6) is 0. The molecule has 0 unspecified atom stereocenters. The zero-order valence-corrected chi connectivity index (χ0v) is 9.87. The second-order valence-corrected chi connectivity index (χ2v) is 5.00. The first kappa shape index (κ1) is 10.1. The Hall–Kier alpha value is -1.88. The molecule has 0 bridgehead atoms. The minimum absolute atomic E-state index is 0.170. The number of nitrogens with one attached hydrogen (secondary N) is 1. The predicted octanol–water partition coefficient (Wildman–Crippen LogP) is 2.00. The van der Waals surface area contributed by atoms with Crippen LogP contribution in [-0.4, -0.2) is 30.7 Å². The summed E-state index contributed by atoms with van der Waals surface area (Å²) in [6, 6.07) is 2.39. The molecule has 2 N–H and O–H groups in total. The van der Waals surface area contributed by atoms with Gasteiger partial charge in [0.05, 0.1) is 24.1 Å². The Bertz CT molecular complexity index is 714. The Kier molecular flexibility index (Phi) is 1.99. The maximum Gasteiger partial charge on any atom is 0.139 e. The highest BCUT2D eigenvalue weighted by molar-refractivity contribution is 6.00. The van der Waals surface area contributed by atoms with Crippen molar-refractivity contribution in [2.45, 2.75) is 31.4 Å². The van der Waals surface area contributed by atoms with E-state index in [1.807, 2.05) is 18.6 Å². The van der Waals surface area contributed by atoms with Gasteiger partial charge in [-0.2, -0.15) is 0 Å². The minimum Gasteiger partial charge on any atom is -0.393 e. The average Bonchev–Trinajstić information content (AvgIpc) is 3.03. The lowest BCUT2D eigenvalue weighted by Gasteiger charge is -2.12. The van der Waals surface area contributed by atoms with E-state index in [0.717, 1.165) is 41.3 Å². The maximum atomic E-state index is 9.69. The number of aliphatic hydroxyl groups excluding tert-OH is 1. The van der Waals surface area contributed by atoms with Crippen LogP contribution in [0.4, 0.5) is 0 Å². The third-order valence-electron chi connectivity index (χ3n) is 3.89. The third-order valence-corrected chi connectivity index (χ3v) is 3.89. The molecule has 1 aliphatic carbocycles. The van der Waals surface area contributed by atoms with E-state index < -0.39 is 0 Å². The second kappa shape index (κ2) is 3.55. The molecule has 18 heavy (non-hydrogen) atoms. The van der Waals surface area contributed by atoms with Crippen LogP contribution in [0.2, 0.25) is 0 Å². The molecule has 3 heterocycles. The summed E-state index contributed by atoms with van der Waals surface area (Å²) in [5, 5.41) is 10.8. The Labute approximate surface area is 103 Å². The highest BCUT2D eigenvalue weighted by atomic mass is 16.3. The molecule has 92 valence electrons. The summed E-state index contributed by atoms with van der Waals surface area (Å²) in [6.45, 7) is 0. The smallest absolute Gasteiger partial charge is 0.139 e. The topological polar surface area (TPSA) is 66.7 Å². The fourth-order valence-corrected chi connectivity index (χ4v) is 3.00. The summed E-state index contributed by atoms with van der Waals surface area (Å²) in [5.41, 5.74) is 2.94. The van der Waals surface area contributed by atoms with Gasteiger partial charge in [-0.1, -0.05) is 0 Å². The SMILES string of the molecule is O[C@@H]1CC[C@H](n2cnc3cnc4[nH]ccc4c32)C1. The number of nitrogens with zero attached hydrogens (tertiary/aromatic N) is 3. The molecule has 1 saturated carbocycles. The second-order valence-electron chi connectivity index (χ2n) is 5.00.